The predicted molar refractivity (Wildman–Crippen MR) is 113 cm³/mol. The van der Waals surface area contributed by atoms with Crippen LogP contribution in [0.2, 0.25) is 0 Å². The maximum Gasteiger partial charge on any atom is 0.244 e. The molecule has 1 aliphatic rings. The van der Waals surface area contributed by atoms with Gasteiger partial charge in [-0.3, -0.25) is 4.79 Å². The molecule has 0 unspecified atom stereocenters. The van der Waals surface area contributed by atoms with Crippen molar-refractivity contribution in [2.45, 2.75) is 37.8 Å². The summed E-state index contributed by atoms with van der Waals surface area (Å²) in [4.78, 5) is 12.3. The van der Waals surface area contributed by atoms with Gasteiger partial charge in [-0.25, -0.2) is 8.42 Å². The number of carbonyl (C=O) groups is 1. The third-order valence-electron chi connectivity index (χ3n) is 4.93. The number of fused-ring (bicyclic) bond motifs is 1. The number of benzene rings is 2. The lowest BCUT2D eigenvalue weighted by atomic mass is 10.1. The number of nitrogens with zero attached hydrogens (tertiary/aromatic N) is 1. The zero-order chi connectivity index (χ0) is 21.0. The molecule has 1 amide bonds. The van der Waals surface area contributed by atoms with Gasteiger partial charge in [-0.1, -0.05) is 18.2 Å². The van der Waals surface area contributed by atoms with Crippen LogP contribution in [0.5, 0.6) is 5.75 Å². The van der Waals surface area contributed by atoms with E-state index in [0.717, 1.165) is 28.9 Å². The van der Waals surface area contributed by atoms with Crippen molar-refractivity contribution in [2.24, 2.45) is 0 Å². The fourth-order valence-corrected chi connectivity index (χ4v) is 4.32. The predicted octanol–water partition coefficient (Wildman–Crippen LogP) is 2.98. The normalized spacial score (nSPS) is 13.7. The highest BCUT2D eigenvalue weighted by Crippen LogP contribution is 2.26. The van der Waals surface area contributed by atoms with Gasteiger partial charge in [-0.2, -0.15) is 4.31 Å². The summed E-state index contributed by atoms with van der Waals surface area (Å²) in [5, 5.41) is 2.81. The van der Waals surface area contributed by atoms with Gasteiger partial charge >= 0.3 is 0 Å². The summed E-state index contributed by atoms with van der Waals surface area (Å²) in [6.45, 7) is 4.68. The molecule has 7 heteroatoms. The van der Waals surface area contributed by atoms with E-state index in [0.29, 0.717) is 13.2 Å². The van der Waals surface area contributed by atoms with Crippen LogP contribution in [0, 0.1) is 0 Å². The van der Waals surface area contributed by atoms with Crippen molar-refractivity contribution in [1.29, 1.82) is 0 Å². The number of ether oxygens (including phenoxy) is 1. The summed E-state index contributed by atoms with van der Waals surface area (Å²) >= 11 is 0. The molecule has 1 N–H and O–H groups in total. The van der Waals surface area contributed by atoms with E-state index >= 15 is 0 Å². The van der Waals surface area contributed by atoms with Crippen molar-refractivity contribution >= 4 is 22.0 Å². The fraction of sp³-hybridized carbons (Fsp3) is 0.318. The Hall–Kier alpha value is -2.64. The minimum atomic E-state index is -3.50. The van der Waals surface area contributed by atoms with Gasteiger partial charge in [0.05, 0.1) is 11.5 Å². The van der Waals surface area contributed by atoms with Crippen molar-refractivity contribution in [2.75, 3.05) is 13.7 Å². The van der Waals surface area contributed by atoms with Crippen molar-refractivity contribution < 1.29 is 17.9 Å². The maximum absolute atomic E-state index is 12.5. The molecular formula is C22H26N2O4S. The monoisotopic (exact) mass is 414 g/mol. The van der Waals surface area contributed by atoms with Gasteiger partial charge in [-0.15, -0.1) is 0 Å². The molecule has 0 saturated heterocycles. The summed E-state index contributed by atoms with van der Waals surface area (Å²) in [5.41, 5.74) is 2.94. The molecule has 1 aliphatic heterocycles. The smallest absolute Gasteiger partial charge is 0.244 e. The van der Waals surface area contributed by atoms with Crippen molar-refractivity contribution in [3.05, 3.63) is 65.2 Å². The number of nitrogens with one attached hydrogen (secondary N) is 1. The molecule has 2 aromatic rings. The highest BCUT2D eigenvalue weighted by atomic mass is 32.2. The number of hydrogen-bond donors (Lipinski definition) is 1. The first-order valence-corrected chi connectivity index (χ1v) is 11.0. The van der Waals surface area contributed by atoms with Crippen LogP contribution in [-0.2, 0) is 27.8 Å². The van der Waals surface area contributed by atoms with Crippen LogP contribution >= 0.6 is 0 Å². The Balaban J connectivity index is 1.56. The second-order valence-corrected chi connectivity index (χ2v) is 9.27. The van der Waals surface area contributed by atoms with Crippen LogP contribution in [0.4, 0.5) is 0 Å². The number of amides is 1. The molecular weight excluding hydrogens is 388 g/mol. The van der Waals surface area contributed by atoms with Crippen molar-refractivity contribution in [3.63, 3.8) is 0 Å². The van der Waals surface area contributed by atoms with Gasteiger partial charge < -0.3 is 10.1 Å². The molecule has 0 spiro atoms. The van der Waals surface area contributed by atoms with Gasteiger partial charge in [0, 0.05) is 32.1 Å². The van der Waals surface area contributed by atoms with Crippen LogP contribution in [0.1, 0.15) is 30.5 Å². The van der Waals surface area contributed by atoms with Crippen LogP contribution in [0.15, 0.2) is 53.4 Å². The minimum Gasteiger partial charge on any atom is -0.493 e. The number of hydrogen-bond acceptors (Lipinski definition) is 4. The van der Waals surface area contributed by atoms with E-state index in [2.05, 4.69) is 5.32 Å². The first kappa shape index (κ1) is 21.1. The van der Waals surface area contributed by atoms with Gasteiger partial charge in [0.1, 0.15) is 5.75 Å². The summed E-state index contributed by atoms with van der Waals surface area (Å²) in [6.07, 6.45) is 4.15. The first-order valence-electron chi connectivity index (χ1n) is 9.56. The Labute approximate surface area is 172 Å². The quantitative estimate of drug-likeness (QED) is 0.707. The van der Waals surface area contributed by atoms with Crippen molar-refractivity contribution in [3.8, 4) is 5.75 Å². The zero-order valence-corrected chi connectivity index (χ0v) is 17.7. The number of sulfonamides is 1. The van der Waals surface area contributed by atoms with Crippen molar-refractivity contribution in [1.82, 2.24) is 9.62 Å². The lowest BCUT2D eigenvalue weighted by Gasteiger charge is -2.21. The fourth-order valence-electron chi connectivity index (χ4n) is 2.95. The molecule has 154 valence electrons. The topological polar surface area (TPSA) is 75.7 Å². The molecule has 1 heterocycles. The molecule has 0 bridgehead atoms. The standard InChI is InChI=1S/C22H26N2O4S/c1-16(2)24(3)29(26,27)20-8-4-18(5-9-20)15-23-22(25)11-7-17-6-10-21-19(14-17)12-13-28-21/h4-11,14,16H,12-13,15H2,1-3H3,(H,23,25)/b11-7+. The van der Waals surface area contributed by atoms with Crippen LogP contribution < -0.4 is 10.1 Å². The van der Waals surface area contributed by atoms with E-state index in [9.17, 15) is 13.2 Å². The molecule has 0 aliphatic carbocycles. The second kappa shape index (κ2) is 8.80. The Morgan fingerprint density at radius 2 is 1.93 bits per heavy atom. The van der Waals surface area contributed by atoms with E-state index in [-0.39, 0.29) is 16.8 Å². The summed E-state index contributed by atoms with van der Waals surface area (Å²) in [5.74, 6) is 0.703. The SMILES string of the molecule is CC(C)N(C)S(=O)(=O)c1ccc(CNC(=O)/C=C/c2ccc3c(c2)CCO3)cc1. The molecule has 3 rings (SSSR count). The van der Waals surface area contributed by atoms with E-state index in [1.807, 2.05) is 32.0 Å². The van der Waals surface area contributed by atoms with E-state index in [4.69, 9.17) is 4.74 Å². The minimum absolute atomic E-state index is 0.121. The molecule has 0 fully saturated rings. The molecule has 0 aromatic heterocycles. The van der Waals surface area contributed by atoms with E-state index < -0.39 is 10.0 Å². The first-order chi connectivity index (χ1) is 13.8. The average molecular weight is 415 g/mol. The molecule has 2 aromatic carbocycles. The van der Waals surface area contributed by atoms with Crippen LogP contribution in [-0.4, -0.2) is 38.3 Å². The Morgan fingerprint density at radius 1 is 1.21 bits per heavy atom. The Bertz CT molecular complexity index is 1010. The average Bonchev–Trinajstić information content (AvgIpc) is 3.18. The highest BCUT2D eigenvalue weighted by Gasteiger charge is 2.22. The third kappa shape index (κ3) is 5.05. The summed E-state index contributed by atoms with van der Waals surface area (Å²) in [7, 11) is -1.94. The Morgan fingerprint density at radius 3 is 2.62 bits per heavy atom. The Kier molecular flexibility index (Phi) is 6.39. The van der Waals surface area contributed by atoms with Crippen LogP contribution in [0.25, 0.3) is 6.08 Å². The van der Waals surface area contributed by atoms with E-state index in [1.165, 1.54) is 10.4 Å². The lowest BCUT2D eigenvalue weighted by Crippen LogP contribution is -2.33. The molecule has 29 heavy (non-hydrogen) atoms. The highest BCUT2D eigenvalue weighted by molar-refractivity contribution is 7.89. The number of rotatable bonds is 7. The number of carbonyl (C=O) groups excluding carboxylic acids is 1. The summed E-state index contributed by atoms with van der Waals surface area (Å²) in [6, 6.07) is 12.3. The third-order valence-corrected chi connectivity index (χ3v) is 6.98. The van der Waals surface area contributed by atoms with E-state index in [1.54, 1.807) is 37.4 Å². The van der Waals surface area contributed by atoms with Gasteiger partial charge in [0.25, 0.3) is 0 Å². The molecule has 0 radical (unpaired) electrons. The largest absolute Gasteiger partial charge is 0.493 e. The van der Waals surface area contributed by atoms with Gasteiger partial charge in [0.15, 0.2) is 0 Å². The van der Waals surface area contributed by atoms with Crippen LogP contribution in [0.3, 0.4) is 0 Å². The summed E-state index contributed by atoms with van der Waals surface area (Å²) < 4.78 is 31.8. The lowest BCUT2D eigenvalue weighted by molar-refractivity contribution is -0.116. The second-order valence-electron chi connectivity index (χ2n) is 7.28. The molecule has 0 atom stereocenters. The molecule has 0 saturated carbocycles. The zero-order valence-electron chi connectivity index (χ0n) is 16.9. The van der Waals surface area contributed by atoms with Gasteiger partial charge in [-0.05, 0) is 60.9 Å². The van der Waals surface area contributed by atoms with Gasteiger partial charge in [0.2, 0.25) is 15.9 Å². The molecule has 6 nitrogen and oxygen atoms in total. The maximum atomic E-state index is 12.5.